The minimum atomic E-state index is 0.317. The van der Waals surface area contributed by atoms with E-state index in [0.717, 1.165) is 18.6 Å². The number of thiophene rings is 1. The van der Waals surface area contributed by atoms with Crippen LogP contribution in [-0.4, -0.2) is 7.05 Å². The maximum absolute atomic E-state index is 5.53. The zero-order chi connectivity index (χ0) is 11.4. The number of aryl methyl sites for hydroxylation is 2. The van der Waals surface area contributed by atoms with Crippen molar-refractivity contribution in [2.75, 3.05) is 7.05 Å². The van der Waals surface area contributed by atoms with Crippen molar-refractivity contribution in [3.05, 3.63) is 46.0 Å². The van der Waals surface area contributed by atoms with Crippen LogP contribution in [0.1, 0.15) is 28.7 Å². The van der Waals surface area contributed by atoms with Crippen LogP contribution in [0.25, 0.3) is 0 Å². The smallest absolute Gasteiger partial charge is 0.123 e. The summed E-state index contributed by atoms with van der Waals surface area (Å²) in [4.78, 5) is 1.43. The normalized spacial score (nSPS) is 12.9. The molecule has 0 amide bonds. The molecule has 2 aromatic heterocycles. The maximum Gasteiger partial charge on any atom is 0.123 e. The Hall–Kier alpha value is -1.06. The van der Waals surface area contributed by atoms with Gasteiger partial charge in [0.15, 0.2) is 0 Å². The summed E-state index contributed by atoms with van der Waals surface area (Å²) in [6, 6.07) is 6.63. The highest BCUT2D eigenvalue weighted by molar-refractivity contribution is 7.09. The third-order valence-electron chi connectivity index (χ3n) is 2.83. The lowest BCUT2D eigenvalue weighted by Gasteiger charge is -2.14. The van der Waals surface area contributed by atoms with Crippen LogP contribution in [0.3, 0.4) is 0 Å². The zero-order valence-electron chi connectivity index (χ0n) is 9.69. The van der Waals surface area contributed by atoms with E-state index in [2.05, 4.69) is 29.8 Å². The molecule has 0 fully saturated rings. The van der Waals surface area contributed by atoms with E-state index in [9.17, 15) is 0 Å². The number of hydrogen-bond donors (Lipinski definition) is 1. The summed E-state index contributed by atoms with van der Waals surface area (Å²) < 4.78 is 5.53. The zero-order valence-corrected chi connectivity index (χ0v) is 10.5. The minimum absolute atomic E-state index is 0.317. The summed E-state index contributed by atoms with van der Waals surface area (Å²) in [5.74, 6) is 1.07. The highest BCUT2D eigenvalue weighted by atomic mass is 32.1. The van der Waals surface area contributed by atoms with Gasteiger partial charge in [-0.2, -0.15) is 0 Å². The first-order chi connectivity index (χ1) is 7.81. The molecule has 1 atom stereocenters. The van der Waals surface area contributed by atoms with Gasteiger partial charge in [-0.25, -0.2) is 0 Å². The number of furan rings is 1. The Balaban J connectivity index is 1.99. The van der Waals surface area contributed by atoms with E-state index >= 15 is 0 Å². The third kappa shape index (κ3) is 2.54. The molecule has 0 aliphatic carbocycles. The lowest BCUT2D eigenvalue weighted by Crippen LogP contribution is -2.17. The average molecular weight is 235 g/mol. The van der Waals surface area contributed by atoms with Crippen LogP contribution in [0.4, 0.5) is 0 Å². The van der Waals surface area contributed by atoms with Crippen LogP contribution in [-0.2, 0) is 6.42 Å². The second-order valence-electron chi connectivity index (χ2n) is 3.93. The van der Waals surface area contributed by atoms with Crippen LogP contribution >= 0.6 is 11.3 Å². The molecule has 1 N–H and O–H groups in total. The van der Waals surface area contributed by atoms with Gasteiger partial charge >= 0.3 is 0 Å². The fourth-order valence-electron chi connectivity index (χ4n) is 1.89. The molecule has 0 saturated heterocycles. The average Bonchev–Trinajstić information content (AvgIpc) is 2.92. The first-order valence-corrected chi connectivity index (χ1v) is 6.43. The van der Waals surface area contributed by atoms with Crippen molar-refractivity contribution in [3.63, 3.8) is 0 Å². The molecule has 3 heteroatoms. The molecule has 0 radical (unpaired) electrons. The Morgan fingerprint density at radius 2 is 2.31 bits per heavy atom. The quantitative estimate of drug-likeness (QED) is 0.857. The predicted octanol–water partition coefficient (Wildman–Crippen LogP) is 3.54. The lowest BCUT2D eigenvalue weighted by molar-refractivity contribution is 0.413. The monoisotopic (exact) mass is 235 g/mol. The molecule has 2 rings (SSSR count). The van der Waals surface area contributed by atoms with E-state index in [4.69, 9.17) is 4.42 Å². The van der Waals surface area contributed by atoms with Crippen molar-refractivity contribution in [2.45, 2.75) is 25.8 Å². The summed E-state index contributed by atoms with van der Waals surface area (Å²) in [6.45, 7) is 2.09. The molecule has 0 aliphatic heterocycles. The fourth-order valence-corrected chi connectivity index (χ4v) is 2.61. The summed E-state index contributed by atoms with van der Waals surface area (Å²) >= 11 is 1.82. The molecule has 0 aromatic carbocycles. The van der Waals surface area contributed by atoms with Gasteiger partial charge in [-0.15, -0.1) is 11.3 Å². The molecule has 0 bridgehead atoms. The van der Waals surface area contributed by atoms with Crippen molar-refractivity contribution in [3.8, 4) is 0 Å². The van der Waals surface area contributed by atoms with E-state index in [1.165, 1.54) is 10.4 Å². The van der Waals surface area contributed by atoms with Gasteiger partial charge in [-0.1, -0.05) is 6.07 Å². The second kappa shape index (κ2) is 5.32. The Kier molecular flexibility index (Phi) is 3.80. The Bertz CT molecular complexity index is 419. The molecular formula is C13H17NOS. The molecule has 0 saturated carbocycles. The van der Waals surface area contributed by atoms with E-state index in [-0.39, 0.29) is 0 Å². The van der Waals surface area contributed by atoms with Crippen molar-refractivity contribution in [1.29, 1.82) is 0 Å². The highest BCUT2D eigenvalue weighted by Crippen LogP contribution is 2.24. The predicted molar refractivity (Wildman–Crippen MR) is 67.9 cm³/mol. The fraction of sp³-hybridized carbons (Fsp3) is 0.385. The topological polar surface area (TPSA) is 25.2 Å². The molecule has 2 nitrogen and oxygen atoms in total. The van der Waals surface area contributed by atoms with Gasteiger partial charge in [0.1, 0.15) is 5.76 Å². The van der Waals surface area contributed by atoms with Crippen molar-refractivity contribution in [1.82, 2.24) is 5.32 Å². The first-order valence-electron chi connectivity index (χ1n) is 5.55. The molecule has 0 aliphatic rings. The minimum Gasteiger partial charge on any atom is -0.467 e. The van der Waals surface area contributed by atoms with Crippen LogP contribution in [0, 0.1) is 6.92 Å². The van der Waals surface area contributed by atoms with Crippen molar-refractivity contribution >= 4 is 11.3 Å². The number of hydrogen-bond acceptors (Lipinski definition) is 3. The summed E-state index contributed by atoms with van der Waals surface area (Å²) in [7, 11) is 1.99. The Morgan fingerprint density at radius 3 is 2.88 bits per heavy atom. The van der Waals surface area contributed by atoms with Gasteiger partial charge in [0.2, 0.25) is 0 Å². The number of rotatable bonds is 5. The molecule has 16 heavy (non-hydrogen) atoms. The van der Waals surface area contributed by atoms with E-state index in [1.807, 2.05) is 24.5 Å². The summed E-state index contributed by atoms with van der Waals surface area (Å²) in [5.41, 5.74) is 1.23. The SMILES string of the molecule is CNC(CCc1cccs1)c1occc1C. The molecule has 86 valence electrons. The van der Waals surface area contributed by atoms with E-state index in [0.29, 0.717) is 6.04 Å². The molecule has 2 heterocycles. The first kappa shape index (κ1) is 11.4. The highest BCUT2D eigenvalue weighted by Gasteiger charge is 2.14. The molecule has 2 aromatic rings. The van der Waals surface area contributed by atoms with Crippen LogP contribution in [0.5, 0.6) is 0 Å². The van der Waals surface area contributed by atoms with Gasteiger partial charge in [0.05, 0.1) is 12.3 Å². The van der Waals surface area contributed by atoms with E-state index in [1.54, 1.807) is 6.26 Å². The summed E-state index contributed by atoms with van der Waals surface area (Å²) in [6.07, 6.45) is 3.94. The summed E-state index contributed by atoms with van der Waals surface area (Å²) in [5, 5.41) is 5.45. The van der Waals surface area contributed by atoms with Crippen molar-refractivity contribution < 1.29 is 4.42 Å². The number of nitrogens with one attached hydrogen (secondary N) is 1. The van der Waals surface area contributed by atoms with Crippen LogP contribution in [0.15, 0.2) is 34.3 Å². The van der Waals surface area contributed by atoms with Gasteiger partial charge < -0.3 is 9.73 Å². The van der Waals surface area contributed by atoms with Crippen LogP contribution in [0.2, 0.25) is 0 Å². The standard InChI is InChI=1S/C13H17NOS/c1-10-7-8-15-13(10)12(14-2)6-5-11-4-3-9-16-11/h3-4,7-9,12,14H,5-6H2,1-2H3. The van der Waals surface area contributed by atoms with Gasteiger partial charge in [0.25, 0.3) is 0 Å². The van der Waals surface area contributed by atoms with Crippen LogP contribution < -0.4 is 5.32 Å². The lowest BCUT2D eigenvalue weighted by atomic mass is 10.1. The third-order valence-corrected chi connectivity index (χ3v) is 3.76. The molecule has 1 unspecified atom stereocenters. The van der Waals surface area contributed by atoms with Gasteiger partial charge in [-0.05, 0) is 49.9 Å². The maximum atomic E-state index is 5.53. The van der Waals surface area contributed by atoms with E-state index < -0.39 is 0 Å². The van der Waals surface area contributed by atoms with Gasteiger partial charge in [-0.3, -0.25) is 0 Å². The van der Waals surface area contributed by atoms with Gasteiger partial charge in [0, 0.05) is 4.88 Å². The molecular weight excluding hydrogens is 218 g/mol. The van der Waals surface area contributed by atoms with Crippen molar-refractivity contribution in [2.24, 2.45) is 0 Å². The molecule has 0 spiro atoms. The Morgan fingerprint density at radius 1 is 1.44 bits per heavy atom. The second-order valence-corrected chi connectivity index (χ2v) is 4.96. The Labute approximate surface area is 100 Å². The largest absolute Gasteiger partial charge is 0.467 e.